The molecule has 1 aromatic rings. The second kappa shape index (κ2) is 12.3. The van der Waals surface area contributed by atoms with E-state index >= 15 is 0 Å². The van der Waals surface area contributed by atoms with Gasteiger partial charge in [0.25, 0.3) is 0 Å². The molecule has 25 heavy (non-hydrogen) atoms. The summed E-state index contributed by atoms with van der Waals surface area (Å²) in [5.74, 6) is 0. The Hall–Kier alpha value is -2.07. The predicted molar refractivity (Wildman–Crippen MR) is 102 cm³/mol. The van der Waals surface area contributed by atoms with Crippen LogP contribution in [0, 0.1) is 6.92 Å². The molecule has 0 radical (unpaired) electrons. The maximum absolute atomic E-state index is 10.9. The first kappa shape index (κ1) is 21.0. The van der Waals surface area contributed by atoms with Gasteiger partial charge in [0.2, 0.25) is 0 Å². The van der Waals surface area contributed by atoms with Crippen molar-refractivity contribution in [2.45, 2.75) is 39.5 Å². The maximum Gasteiger partial charge on any atom is 0.195 e. The first-order valence-corrected chi connectivity index (χ1v) is 8.79. The van der Waals surface area contributed by atoms with Gasteiger partial charge in [-0.3, -0.25) is 9.59 Å². The number of benzene rings is 1. The summed E-state index contributed by atoms with van der Waals surface area (Å²) in [7, 11) is 2.06. The van der Waals surface area contributed by atoms with Crippen LogP contribution in [0.1, 0.15) is 54.1 Å². The first-order valence-electron chi connectivity index (χ1n) is 8.21. The highest BCUT2D eigenvalue weighted by molar-refractivity contribution is 7.45. The number of carbonyl (C=O) groups is 2. The minimum absolute atomic E-state index is 0.161. The molecule has 6 nitrogen and oxygen atoms in total. The molecule has 0 aliphatic heterocycles. The predicted octanol–water partition coefficient (Wildman–Crippen LogP) is 3.51. The second-order valence-corrected chi connectivity index (χ2v) is 6.18. The van der Waals surface area contributed by atoms with Crippen molar-refractivity contribution in [3.8, 4) is 0 Å². The summed E-state index contributed by atoms with van der Waals surface area (Å²) in [6.45, 7) is 4.59. The molecular weight excluding hydrogens is 339 g/mol. The molecule has 1 aromatic carbocycles. The average molecular weight is 364 g/mol. The molecule has 0 aromatic heterocycles. The number of hydrogen-bond donors (Lipinski definition) is 0. The van der Waals surface area contributed by atoms with Gasteiger partial charge in [0.1, 0.15) is 25.2 Å². The van der Waals surface area contributed by atoms with E-state index in [1.165, 1.54) is 0 Å². The molecule has 0 spiro atoms. The molecule has 0 saturated heterocycles. The van der Waals surface area contributed by atoms with Crippen LogP contribution in [-0.4, -0.2) is 37.0 Å². The van der Waals surface area contributed by atoms with Crippen molar-refractivity contribution >= 4 is 33.0 Å². The minimum Gasteiger partial charge on any atom is -0.396 e. The van der Waals surface area contributed by atoms with Gasteiger partial charge in [0, 0.05) is 5.56 Å². The zero-order chi connectivity index (χ0) is 18.5. The van der Waals surface area contributed by atoms with Gasteiger partial charge < -0.3 is 9.68 Å². The molecular formula is C18H25N2O4P. The van der Waals surface area contributed by atoms with E-state index in [1.54, 1.807) is 19.2 Å². The van der Waals surface area contributed by atoms with Gasteiger partial charge in [-0.15, -0.1) is 0 Å². The van der Waals surface area contributed by atoms with E-state index in [4.69, 9.17) is 9.68 Å². The molecule has 0 aliphatic carbocycles. The zero-order valence-electron chi connectivity index (χ0n) is 14.7. The van der Waals surface area contributed by atoms with Gasteiger partial charge in [0.05, 0.1) is 6.21 Å². The fraction of sp³-hybridized carbons (Fsp3) is 0.444. The lowest BCUT2D eigenvalue weighted by Crippen LogP contribution is -2.02. The Labute approximate surface area is 150 Å². The zero-order valence-corrected chi connectivity index (χ0v) is 15.9. The molecule has 0 saturated carbocycles. The number of aryl methyl sites for hydroxylation is 1. The Balaban J connectivity index is 2.09. The van der Waals surface area contributed by atoms with Gasteiger partial charge >= 0.3 is 0 Å². The Morgan fingerprint density at radius 2 is 1.72 bits per heavy atom. The third kappa shape index (κ3) is 9.72. The van der Waals surface area contributed by atoms with Crippen LogP contribution in [0.25, 0.3) is 0 Å². The summed E-state index contributed by atoms with van der Waals surface area (Å²) >= 11 is 0. The normalized spacial score (nSPS) is 11.6. The van der Waals surface area contributed by atoms with E-state index in [2.05, 4.69) is 19.6 Å². The van der Waals surface area contributed by atoms with Crippen molar-refractivity contribution in [1.29, 1.82) is 0 Å². The highest BCUT2D eigenvalue weighted by atomic mass is 31.0. The van der Waals surface area contributed by atoms with Crippen LogP contribution in [0.5, 0.6) is 0 Å². The highest BCUT2D eigenvalue weighted by Crippen LogP contribution is 2.06. The molecule has 1 atom stereocenters. The minimum atomic E-state index is -0.161. The molecule has 1 rings (SSSR count). The second-order valence-electron chi connectivity index (χ2n) is 5.65. The van der Waals surface area contributed by atoms with Crippen LogP contribution in [0.4, 0.5) is 0 Å². The quantitative estimate of drug-likeness (QED) is 0.187. The topological polar surface area (TPSA) is 77.3 Å². The summed E-state index contributed by atoms with van der Waals surface area (Å²) in [6, 6.07) is 5.53. The smallest absolute Gasteiger partial charge is 0.195 e. The molecule has 0 aliphatic rings. The van der Waals surface area contributed by atoms with E-state index in [0.29, 0.717) is 24.5 Å². The molecule has 136 valence electrons. The van der Waals surface area contributed by atoms with Gasteiger partial charge in [-0.1, -0.05) is 25.6 Å². The van der Waals surface area contributed by atoms with Gasteiger partial charge in [0.15, 0.2) is 5.52 Å². The third-order valence-corrected chi connectivity index (χ3v) is 3.73. The Morgan fingerprint density at radius 1 is 1.08 bits per heavy atom. The first-order chi connectivity index (χ1) is 12.0. The number of nitrogens with zero attached hydrogens (tertiary/aromatic N) is 2. The lowest BCUT2D eigenvalue weighted by atomic mass is 10.1. The van der Waals surface area contributed by atoms with Gasteiger partial charge in [-0.2, -0.15) is 0 Å². The number of unbranched alkanes of at least 4 members (excludes halogenated alkanes) is 3. The fourth-order valence-corrected chi connectivity index (χ4v) is 2.06. The van der Waals surface area contributed by atoms with Crippen LogP contribution in [0.2, 0.25) is 0 Å². The number of aldehydes is 1. The lowest BCUT2D eigenvalue weighted by Gasteiger charge is -2.02. The van der Waals surface area contributed by atoms with Crippen LogP contribution in [0.15, 0.2) is 28.5 Å². The monoisotopic (exact) mass is 364 g/mol. The summed E-state index contributed by atoms with van der Waals surface area (Å²) in [5.41, 5.74) is 2.68. The third-order valence-electron chi connectivity index (χ3n) is 3.31. The van der Waals surface area contributed by atoms with Crippen LogP contribution >= 0.6 is 9.24 Å². The van der Waals surface area contributed by atoms with Crippen molar-refractivity contribution in [2.24, 2.45) is 10.3 Å². The highest BCUT2D eigenvalue weighted by Gasteiger charge is 1.98. The van der Waals surface area contributed by atoms with E-state index in [1.807, 2.05) is 19.1 Å². The Morgan fingerprint density at radius 3 is 2.36 bits per heavy atom. The summed E-state index contributed by atoms with van der Waals surface area (Å²) in [6.07, 6.45) is 6.21. The van der Waals surface area contributed by atoms with Gasteiger partial charge in [-0.25, -0.2) is 0 Å². The molecule has 0 fully saturated rings. The standard InChI is InChI=1S/C18H25N2O4P/c1-14-9-16(11-17(10-14)13-21)12-19-23-7-5-3-4-6-8-24-20-15(2)18(22)25/h9-13H,3-8,25H2,1-2H3/b19-12+,20-15-. The fourth-order valence-electron chi connectivity index (χ4n) is 2.01. The Bertz CT molecular complexity index is 630. The largest absolute Gasteiger partial charge is 0.396 e. The summed E-state index contributed by atoms with van der Waals surface area (Å²) < 4.78 is 0. The van der Waals surface area contributed by atoms with Crippen LogP contribution in [-0.2, 0) is 14.5 Å². The summed E-state index contributed by atoms with van der Waals surface area (Å²) in [5, 5.41) is 7.63. The van der Waals surface area contributed by atoms with Crippen molar-refractivity contribution in [3.63, 3.8) is 0 Å². The molecule has 0 N–H and O–H groups in total. The number of rotatable bonds is 12. The van der Waals surface area contributed by atoms with E-state index in [9.17, 15) is 9.59 Å². The average Bonchev–Trinajstić information content (AvgIpc) is 2.58. The summed E-state index contributed by atoms with van der Waals surface area (Å²) in [4.78, 5) is 32.0. The molecule has 1 unspecified atom stereocenters. The van der Waals surface area contributed by atoms with Crippen molar-refractivity contribution in [2.75, 3.05) is 13.2 Å². The molecule has 0 amide bonds. The van der Waals surface area contributed by atoms with E-state index in [-0.39, 0.29) is 5.52 Å². The van der Waals surface area contributed by atoms with Crippen molar-refractivity contribution in [1.82, 2.24) is 0 Å². The van der Waals surface area contributed by atoms with Crippen LogP contribution in [0.3, 0.4) is 0 Å². The van der Waals surface area contributed by atoms with E-state index < -0.39 is 0 Å². The number of carbonyl (C=O) groups excluding carboxylic acids is 2. The SMILES string of the molecule is C/C(=N/OCCCCCCO/N=C/c1cc(C)cc(C=O)c1)C(=O)P. The van der Waals surface area contributed by atoms with Crippen molar-refractivity contribution < 1.29 is 19.3 Å². The van der Waals surface area contributed by atoms with Gasteiger partial charge in [-0.05, 0) is 62.8 Å². The molecule has 7 heteroatoms. The Kier molecular flexibility index (Phi) is 10.3. The molecule has 0 bridgehead atoms. The van der Waals surface area contributed by atoms with E-state index in [0.717, 1.165) is 43.1 Å². The van der Waals surface area contributed by atoms with Crippen molar-refractivity contribution in [3.05, 3.63) is 34.9 Å². The maximum atomic E-state index is 10.9. The van der Waals surface area contributed by atoms with Crippen LogP contribution < -0.4 is 0 Å². The number of hydrogen-bond acceptors (Lipinski definition) is 6. The number of oxime groups is 2. The lowest BCUT2D eigenvalue weighted by molar-refractivity contribution is -0.105. The molecule has 0 heterocycles.